The number of hydrogen-bond donors (Lipinski definition) is 1. The zero-order valence-corrected chi connectivity index (χ0v) is 17.0. The smallest absolute Gasteiger partial charge is 0.252 e. The van der Waals surface area contributed by atoms with E-state index in [1.807, 2.05) is 26.0 Å². The monoisotopic (exact) mass is 403 g/mol. The summed E-state index contributed by atoms with van der Waals surface area (Å²) in [6.07, 6.45) is 3.40. The number of sulfonamides is 1. The molecule has 0 aliphatic carbocycles. The van der Waals surface area contributed by atoms with Crippen molar-refractivity contribution in [3.05, 3.63) is 53.3 Å². The molecule has 0 unspecified atom stereocenters. The fraction of sp³-hybridized carbons (Fsp3) is 0.278. The molecule has 1 N–H and O–H groups in total. The Hall–Kier alpha value is -2.36. The number of anilines is 1. The highest BCUT2D eigenvalue weighted by atomic mass is 32.2. The van der Waals surface area contributed by atoms with E-state index >= 15 is 0 Å². The minimum Gasteiger partial charge on any atom is -0.368 e. The number of rotatable bonds is 7. The molecule has 0 aliphatic rings. The second-order valence-corrected chi connectivity index (χ2v) is 9.25. The molecule has 0 saturated carbocycles. The van der Waals surface area contributed by atoms with Gasteiger partial charge in [-0.25, -0.2) is 18.4 Å². The van der Waals surface area contributed by atoms with Crippen LogP contribution in [0.15, 0.2) is 46.2 Å². The number of likely N-dealkylation sites (N-methyl/N-ethyl adjacent to an activating group) is 1. The number of aryl methyl sites for hydroxylation is 1. The summed E-state index contributed by atoms with van der Waals surface area (Å²) in [5, 5.41) is 5.00. The predicted molar refractivity (Wildman–Crippen MR) is 107 cm³/mol. The Morgan fingerprint density at radius 3 is 2.56 bits per heavy atom. The maximum Gasteiger partial charge on any atom is 0.252 e. The van der Waals surface area contributed by atoms with Crippen molar-refractivity contribution in [2.75, 3.05) is 25.5 Å². The molecule has 3 aromatic heterocycles. The molecule has 3 aromatic rings. The molecular weight excluding hydrogens is 382 g/mol. The molecular formula is C18H21N5O2S2. The van der Waals surface area contributed by atoms with Gasteiger partial charge >= 0.3 is 0 Å². The van der Waals surface area contributed by atoms with E-state index in [9.17, 15) is 8.42 Å². The average molecular weight is 404 g/mol. The van der Waals surface area contributed by atoms with Gasteiger partial charge in [-0.1, -0.05) is 6.07 Å². The van der Waals surface area contributed by atoms with Gasteiger partial charge in [-0.3, -0.25) is 4.98 Å². The minimum atomic E-state index is -3.45. The maximum atomic E-state index is 12.5. The molecule has 0 radical (unpaired) electrons. The quantitative estimate of drug-likeness (QED) is 0.652. The number of pyridine rings is 1. The lowest BCUT2D eigenvalue weighted by atomic mass is 10.2. The first kappa shape index (κ1) is 19.4. The summed E-state index contributed by atoms with van der Waals surface area (Å²) in [5.41, 5.74) is 2.70. The first-order valence-electron chi connectivity index (χ1n) is 8.39. The van der Waals surface area contributed by atoms with Crippen molar-refractivity contribution in [2.24, 2.45) is 0 Å². The molecule has 9 heteroatoms. The summed E-state index contributed by atoms with van der Waals surface area (Å²) in [4.78, 5) is 13.1. The van der Waals surface area contributed by atoms with E-state index in [1.54, 1.807) is 37.0 Å². The second kappa shape index (κ2) is 8.12. The van der Waals surface area contributed by atoms with Crippen molar-refractivity contribution in [3.63, 3.8) is 0 Å². The third-order valence-corrected chi connectivity index (χ3v) is 7.44. The zero-order valence-electron chi connectivity index (χ0n) is 15.4. The molecule has 0 fully saturated rings. The molecule has 0 spiro atoms. The van der Waals surface area contributed by atoms with Gasteiger partial charge in [-0.15, -0.1) is 11.3 Å². The van der Waals surface area contributed by atoms with Gasteiger partial charge in [0.1, 0.15) is 10.0 Å². The Bertz CT molecular complexity index is 1010. The van der Waals surface area contributed by atoms with E-state index in [2.05, 4.69) is 20.3 Å². The van der Waals surface area contributed by atoms with E-state index in [-0.39, 0.29) is 0 Å². The van der Waals surface area contributed by atoms with Crippen LogP contribution in [0.2, 0.25) is 0 Å². The van der Waals surface area contributed by atoms with Crippen LogP contribution in [-0.4, -0.2) is 47.8 Å². The summed E-state index contributed by atoms with van der Waals surface area (Å²) in [5.74, 6) is 1.32. The predicted octanol–water partition coefficient (Wildman–Crippen LogP) is 2.95. The molecule has 0 amide bonds. The number of thiophene rings is 1. The maximum absolute atomic E-state index is 12.5. The Morgan fingerprint density at radius 1 is 1.15 bits per heavy atom. The molecule has 3 rings (SSSR count). The van der Waals surface area contributed by atoms with E-state index < -0.39 is 10.0 Å². The van der Waals surface area contributed by atoms with Crippen molar-refractivity contribution >= 4 is 27.2 Å². The van der Waals surface area contributed by atoms with E-state index in [0.29, 0.717) is 28.9 Å². The van der Waals surface area contributed by atoms with Crippen molar-refractivity contribution in [1.29, 1.82) is 0 Å². The molecule has 0 bridgehead atoms. The number of hydrogen-bond acceptors (Lipinski definition) is 7. The first-order chi connectivity index (χ1) is 12.9. The van der Waals surface area contributed by atoms with Gasteiger partial charge in [0.2, 0.25) is 0 Å². The highest BCUT2D eigenvalue weighted by Gasteiger charge is 2.21. The molecule has 3 heterocycles. The van der Waals surface area contributed by atoms with Gasteiger partial charge in [-0.2, -0.15) is 4.31 Å². The van der Waals surface area contributed by atoms with Gasteiger partial charge in [0.15, 0.2) is 5.82 Å². The lowest BCUT2D eigenvalue weighted by Crippen LogP contribution is -2.31. The fourth-order valence-corrected chi connectivity index (χ4v) is 4.82. The summed E-state index contributed by atoms with van der Waals surface area (Å²) < 4.78 is 26.6. The van der Waals surface area contributed by atoms with Crippen LogP contribution in [0.25, 0.3) is 11.4 Å². The molecule has 0 aromatic carbocycles. The molecule has 7 nitrogen and oxygen atoms in total. The summed E-state index contributed by atoms with van der Waals surface area (Å²) in [6, 6.07) is 7.06. The number of nitrogens with zero attached hydrogens (tertiary/aromatic N) is 4. The highest BCUT2D eigenvalue weighted by molar-refractivity contribution is 7.91. The normalized spacial score (nSPS) is 11.7. The second-order valence-electron chi connectivity index (χ2n) is 6.03. The lowest BCUT2D eigenvalue weighted by Gasteiger charge is -2.17. The fourth-order valence-electron chi connectivity index (χ4n) is 2.45. The SMILES string of the molecule is Cc1nc(-c2ccncc2)nc(NCCN(C)S(=O)(=O)c2cccs2)c1C. The molecule has 0 aliphatic heterocycles. The zero-order chi connectivity index (χ0) is 19.4. The van der Waals surface area contributed by atoms with E-state index in [0.717, 1.165) is 16.8 Å². The van der Waals surface area contributed by atoms with Gasteiger partial charge in [0, 0.05) is 49.4 Å². The van der Waals surface area contributed by atoms with Gasteiger partial charge in [-0.05, 0) is 37.4 Å². The molecule has 142 valence electrons. The van der Waals surface area contributed by atoms with E-state index in [1.165, 1.54) is 15.6 Å². The molecule has 0 atom stereocenters. The topological polar surface area (TPSA) is 88.1 Å². The third-order valence-electron chi connectivity index (χ3n) is 4.21. The van der Waals surface area contributed by atoms with Crippen molar-refractivity contribution in [1.82, 2.24) is 19.3 Å². The van der Waals surface area contributed by atoms with Crippen LogP contribution in [0.3, 0.4) is 0 Å². The first-order valence-corrected chi connectivity index (χ1v) is 10.7. The standard InChI is InChI=1S/C18H21N5O2S2/c1-13-14(2)21-18(15-6-8-19-9-7-15)22-17(13)20-10-11-23(3)27(24,25)16-5-4-12-26-16/h4-9,12H,10-11H2,1-3H3,(H,20,21,22). The summed E-state index contributed by atoms with van der Waals surface area (Å²) in [6.45, 7) is 4.64. The largest absolute Gasteiger partial charge is 0.368 e. The summed E-state index contributed by atoms with van der Waals surface area (Å²) in [7, 11) is -1.87. The Balaban J connectivity index is 1.72. The van der Waals surface area contributed by atoms with Crippen molar-refractivity contribution < 1.29 is 8.42 Å². The van der Waals surface area contributed by atoms with Crippen LogP contribution in [0.4, 0.5) is 5.82 Å². The number of aromatic nitrogens is 3. The van der Waals surface area contributed by atoms with Crippen LogP contribution in [0, 0.1) is 13.8 Å². The third kappa shape index (κ3) is 4.32. The van der Waals surface area contributed by atoms with Crippen molar-refractivity contribution in [3.8, 4) is 11.4 Å². The Kier molecular flexibility index (Phi) is 5.83. The highest BCUT2D eigenvalue weighted by Crippen LogP contribution is 2.22. The van der Waals surface area contributed by atoms with Crippen LogP contribution in [0.5, 0.6) is 0 Å². The summed E-state index contributed by atoms with van der Waals surface area (Å²) >= 11 is 1.22. The minimum absolute atomic E-state index is 0.327. The van der Waals surface area contributed by atoms with Gasteiger partial charge in [0.25, 0.3) is 10.0 Å². The molecule has 27 heavy (non-hydrogen) atoms. The Labute approximate surface area is 163 Å². The van der Waals surface area contributed by atoms with Crippen LogP contribution in [-0.2, 0) is 10.0 Å². The van der Waals surface area contributed by atoms with Crippen LogP contribution in [0.1, 0.15) is 11.3 Å². The van der Waals surface area contributed by atoms with Gasteiger partial charge in [0.05, 0.1) is 0 Å². The molecule has 0 saturated heterocycles. The number of nitrogens with one attached hydrogen (secondary N) is 1. The van der Waals surface area contributed by atoms with Gasteiger partial charge < -0.3 is 5.32 Å². The average Bonchev–Trinajstić information content (AvgIpc) is 3.21. The van der Waals surface area contributed by atoms with Crippen LogP contribution < -0.4 is 5.32 Å². The van der Waals surface area contributed by atoms with E-state index in [4.69, 9.17) is 0 Å². The van der Waals surface area contributed by atoms with Crippen molar-refractivity contribution in [2.45, 2.75) is 18.1 Å². The lowest BCUT2D eigenvalue weighted by molar-refractivity contribution is 0.482. The Morgan fingerprint density at radius 2 is 1.89 bits per heavy atom. The van der Waals surface area contributed by atoms with Crippen LogP contribution >= 0.6 is 11.3 Å².